The molecule has 49 heavy (non-hydrogen) atoms. The Morgan fingerprint density at radius 2 is 1.00 bits per heavy atom. The molecule has 5 aromatic carbocycles. The summed E-state index contributed by atoms with van der Waals surface area (Å²) in [5.74, 6) is -0.557. The molecule has 0 heterocycles. The summed E-state index contributed by atoms with van der Waals surface area (Å²) >= 11 is 0. The molecule has 8 nitrogen and oxygen atoms in total. The van der Waals surface area contributed by atoms with Crippen molar-refractivity contribution in [2.24, 2.45) is 0 Å². The van der Waals surface area contributed by atoms with Crippen LogP contribution in [0.5, 0.6) is 0 Å². The summed E-state index contributed by atoms with van der Waals surface area (Å²) in [6.45, 7) is 15.3. The van der Waals surface area contributed by atoms with Crippen molar-refractivity contribution in [1.82, 2.24) is 0 Å². The highest BCUT2D eigenvalue weighted by atomic mass is 32.2. The van der Waals surface area contributed by atoms with Gasteiger partial charge in [0.25, 0.3) is 20.2 Å². The van der Waals surface area contributed by atoms with Crippen molar-refractivity contribution < 1.29 is 25.9 Å². The summed E-state index contributed by atoms with van der Waals surface area (Å²) in [5, 5.41) is 6.90. The minimum Gasteiger partial charge on any atom is -0.355 e. The molecule has 0 aliphatic carbocycles. The Hall–Kier alpha value is -4.48. The molecule has 0 saturated carbocycles. The third-order valence-electron chi connectivity index (χ3n) is 9.04. The van der Waals surface area contributed by atoms with Gasteiger partial charge in [-0.2, -0.15) is 16.8 Å². The zero-order chi connectivity index (χ0) is 36.0. The minimum absolute atomic E-state index is 0.128. The minimum atomic E-state index is -4.55. The van der Waals surface area contributed by atoms with Crippen LogP contribution >= 0.6 is 0 Å². The monoisotopic (exact) mass is 698 g/mol. The Morgan fingerprint density at radius 3 is 1.49 bits per heavy atom. The molecule has 0 aliphatic rings. The second-order valence-corrected chi connectivity index (χ2v) is 15.7. The van der Waals surface area contributed by atoms with Crippen molar-refractivity contribution in [2.45, 2.75) is 71.1 Å². The van der Waals surface area contributed by atoms with Crippen molar-refractivity contribution in [2.75, 3.05) is 10.6 Å². The lowest BCUT2D eigenvalue weighted by atomic mass is 9.81. The Bertz CT molecular complexity index is 2310. The molecule has 0 amide bonds. The first-order chi connectivity index (χ1) is 22.9. The van der Waals surface area contributed by atoms with E-state index in [1.54, 1.807) is 38.1 Å². The Morgan fingerprint density at radius 1 is 0.510 bits per heavy atom. The van der Waals surface area contributed by atoms with Crippen LogP contribution < -0.4 is 10.6 Å². The highest BCUT2D eigenvalue weighted by Crippen LogP contribution is 2.41. The van der Waals surface area contributed by atoms with Gasteiger partial charge in [-0.25, -0.2) is 0 Å². The van der Waals surface area contributed by atoms with Crippen LogP contribution in [0.3, 0.4) is 0 Å². The summed E-state index contributed by atoms with van der Waals surface area (Å²) in [5.41, 5.74) is 12.2. The lowest BCUT2D eigenvalue weighted by Gasteiger charge is -2.26. The van der Waals surface area contributed by atoms with E-state index in [9.17, 15) is 25.9 Å². The molecule has 1 unspecified atom stereocenters. The fourth-order valence-electron chi connectivity index (χ4n) is 7.03. The smallest absolute Gasteiger partial charge is 0.295 e. The van der Waals surface area contributed by atoms with E-state index in [-0.39, 0.29) is 9.79 Å². The SMILES string of the molecule is Cc1cc(C)c(Nc2ccc(C(c3ccc(Nc4c(C)cc(C)c(S(=O)(=O)O)c4C)cc3C)c3ccccc3S(=O)(=O)O)c(C)c2)c(C)c1. The molecule has 0 radical (unpaired) electrons. The fraction of sp³-hybridized carbons (Fsp3) is 0.231. The first kappa shape index (κ1) is 35.8. The van der Waals surface area contributed by atoms with Gasteiger partial charge >= 0.3 is 0 Å². The molecule has 5 aromatic rings. The Labute approximate surface area is 289 Å². The number of rotatable bonds is 9. The lowest BCUT2D eigenvalue weighted by Crippen LogP contribution is -2.13. The van der Waals surface area contributed by atoms with Gasteiger partial charge in [0.05, 0.1) is 4.90 Å². The number of anilines is 4. The molecule has 5 rings (SSSR count). The highest BCUT2D eigenvalue weighted by molar-refractivity contribution is 7.86. The maximum atomic E-state index is 12.7. The van der Waals surface area contributed by atoms with Gasteiger partial charge in [-0.1, -0.05) is 54.1 Å². The van der Waals surface area contributed by atoms with Gasteiger partial charge in [0.1, 0.15) is 4.90 Å². The highest BCUT2D eigenvalue weighted by Gasteiger charge is 2.28. The molecule has 0 aliphatic heterocycles. The van der Waals surface area contributed by atoms with Crippen LogP contribution in [0.15, 0.2) is 88.7 Å². The Balaban J connectivity index is 1.62. The maximum Gasteiger partial charge on any atom is 0.295 e. The average Bonchev–Trinajstić information content (AvgIpc) is 2.98. The molecule has 0 aromatic heterocycles. The van der Waals surface area contributed by atoms with Crippen LogP contribution in [0.25, 0.3) is 0 Å². The fourth-order valence-corrected chi connectivity index (χ4v) is 8.72. The molecule has 0 bridgehead atoms. The van der Waals surface area contributed by atoms with Crippen molar-refractivity contribution in [3.63, 3.8) is 0 Å². The van der Waals surface area contributed by atoms with Crippen LogP contribution in [0, 0.1) is 55.4 Å². The van der Waals surface area contributed by atoms with Crippen LogP contribution in [-0.2, 0) is 20.2 Å². The molecular weight excluding hydrogens is 657 g/mol. The van der Waals surface area contributed by atoms with Crippen molar-refractivity contribution >= 4 is 43.0 Å². The quantitative estimate of drug-likeness (QED) is 0.0885. The predicted molar refractivity (Wildman–Crippen MR) is 197 cm³/mol. The Kier molecular flexibility index (Phi) is 9.82. The molecule has 0 spiro atoms. The number of nitrogens with one attached hydrogen (secondary N) is 2. The van der Waals surface area contributed by atoms with Gasteiger partial charge in [-0.05, 0) is 141 Å². The number of hydrogen-bond donors (Lipinski definition) is 4. The first-order valence-electron chi connectivity index (χ1n) is 15.8. The van der Waals surface area contributed by atoms with Gasteiger partial charge in [0.2, 0.25) is 0 Å². The van der Waals surface area contributed by atoms with E-state index in [0.717, 1.165) is 50.3 Å². The molecule has 1 atom stereocenters. The van der Waals surface area contributed by atoms with Gasteiger partial charge in [0.15, 0.2) is 0 Å². The molecule has 0 saturated heterocycles. The van der Waals surface area contributed by atoms with Crippen LogP contribution in [0.4, 0.5) is 22.7 Å². The van der Waals surface area contributed by atoms with E-state index in [0.29, 0.717) is 28.1 Å². The van der Waals surface area contributed by atoms with Gasteiger partial charge in [-0.3, -0.25) is 9.11 Å². The molecule has 256 valence electrons. The van der Waals surface area contributed by atoms with E-state index in [1.807, 2.05) is 57.2 Å². The van der Waals surface area contributed by atoms with Crippen LogP contribution in [0.1, 0.15) is 67.1 Å². The second kappa shape index (κ2) is 13.4. The lowest BCUT2D eigenvalue weighted by molar-refractivity contribution is 0.479. The summed E-state index contributed by atoms with van der Waals surface area (Å²) in [6, 6.07) is 24.1. The van der Waals surface area contributed by atoms with Crippen molar-refractivity contribution in [1.29, 1.82) is 0 Å². The molecular formula is C39H42N2O6S2. The summed E-state index contributed by atoms with van der Waals surface area (Å²) in [4.78, 5) is -0.297. The van der Waals surface area contributed by atoms with Crippen molar-refractivity contribution in [3.05, 3.63) is 140 Å². The van der Waals surface area contributed by atoms with Gasteiger partial charge in [-0.15, -0.1) is 0 Å². The van der Waals surface area contributed by atoms with E-state index >= 15 is 0 Å². The molecule has 10 heteroatoms. The third-order valence-corrected chi connectivity index (χ3v) is 11.1. The number of hydrogen-bond acceptors (Lipinski definition) is 6. The van der Waals surface area contributed by atoms with Crippen LogP contribution in [-0.4, -0.2) is 25.9 Å². The second-order valence-electron chi connectivity index (χ2n) is 12.9. The predicted octanol–water partition coefficient (Wildman–Crippen LogP) is 9.31. The van der Waals surface area contributed by atoms with Gasteiger partial charge < -0.3 is 10.6 Å². The first-order valence-corrected chi connectivity index (χ1v) is 18.7. The van der Waals surface area contributed by atoms with Gasteiger partial charge in [0, 0.05) is 28.7 Å². The average molecular weight is 699 g/mol. The van der Waals surface area contributed by atoms with Crippen LogP contribution in [0.2, 0.25) is 0 Å². The van der Waals surface area contributed by atoms with E-state index in [2.05, 4.69) is 43.5 Å². The molecule has 0 fully saturated rings. The summed E-state index contributed by atoms with van der Waals surface area (Å²) in [6.07, 6.45) is 0. The third kappa shape index (κ3) is 7.43. The summed E-state index contributed by atoms with van der Waals surface area (Å²) < 4.78 is 69.8. The summed E-state index contributed by atoms with van der Waals surface area (Å²) in [7, 11) is -9.00. The largest absolute Gasteiger partial charge is 0.355 e. The topological polar surface area (TPSA) is 133 Å². The van der Waals surface area contributed by atoms with E-state index < -0.39 is 26.2 Å². The normalized spacial score (nSPS) is 12.5. The molecule has 4 N–H and O–H groups in total. The number of aryl methyl sites for hydroxylation is 7. The van der Waals surface area contributed by atoms with Crippen molar-refractivity contribution in [3.8, 4) is 0 Å². The number of benzene rings is 5. The standard InChI is InChI=1S/C39H42N2O6S2/c1-22-17-25(4)37(26(5)18-22)40-30-13-15-32(23(2)20-30)36(34-11-9-10-12-35(34)48(42,43)44)33-16-14-31(21-24(33)3)41-38-27(6)19-28(7)39(29(38)8)49(45,46)47/h9-21,36,40-41H,1-8H3,(H,42,43,44)(H,45,46,47). The maximum absolute atomic E-state index is 12.7. The van der Waals surface area contributed by atoms with E-state index in [4.69, 9.17) is 0 Å². The zero-order valence-corrected chi connectivity index (χ0v) is 30.6. The van der Waals surface area contributed by atoms with E-state index in [1.165, 1.54) is 11.6 Å². The zero-order valence-electron chi connectivity index (χ0n) is 28.9.